The predicted octanol–water partition coefficient (Wildman–Crippen LogP) is 3.83. The highest BCUT2D eigenvalue weighted by atomic mass is 32.2. The molecule has 2 aromatic carbocycles. The Morgan fingerprint density at radius 2 is 1.85 bits per heavy atom. The summed E-state index contributed by atoms with van der Waals surface area (Å²) in [5.41, 5.74) is 3.70. The number of sulfonamides is 1. The number of benzene rings is 2. The summed E-state index contributed by atoms with van der Waals surface area (Å²) < 4.78 is 24.6. The molecule has 2 aromatic rings. The highest BCUT2D eigenvalue weighted by Gasteiger charge is 2.13. The van der Waals surface area contributed by atoms with Crippen molar-refractivity contribution in [3.05, 3.63) is 59.7 Å². The molecule has 0 bridgehead atoms. The minimum Gasteiger partial charge on any atom is -0.356 e. The van der Waals surface area contributed by atoms with E-state index >= 15 is 0 Å². The van der Waals surface area contributed by atoms with Gasteiger partial charge in [-0.2, -0.15) is 0 Å². The third-order valence-electron chi connectivity index (χ3n) is 4.16. The Bertz CT molecular complexity index is 865. The number of nitrogens with one attached hydrogen (secondary N) is 2. The first-order valence-electron chi connectivity index (χ1n) is 8.38. The molecule has 5 nitrogen and oxygen atoms in total. The molecule has 0 heterocycles. The lowest BCUT2D eigenvalue weighted by Gasteiger charge is -2.21. The molecule has 1 atom stereocenters. The number of hydrogen-bond donors (Lipinski definition) is 2. The second kappa shape index (κ2) is 8.51. The lowest BCUT2D eigenvalue weighted by Crippen LogP contribution is -2.32. The first-order valence-corrected chi connectivity index (χ1v) is 10.6. The van der Waals surface area contributed by atoms with E-state index in [1.807, 2.05) is 6.07 Å². The second-order valence-corrected chi connectivity index (χ2v) is 8.67. The monoisotopic (exact) mass is 391 g/mol. The average molecular weight is 392 g/mol. The summed E-state index contributed by atoms with van der Waals surface area (Å²) in [6, 6.07) is 15.6. The molecule has 0 aliphatic heterocycles. The van der Waals surface area contributed by atoms with Gasteiger partial charge in [-0.1, -0.05) is 42.8 Å². The molecule has 7 heteroatoms. The van der Waals surface area contributed by atoms with Crippen LogP contribution in [0.5, 0.6) is 0 Å². The summed E-state index contributed by atoms with van der Waals surface area (Å²) in [7, 11) is -1.78. The summed E-state index contributed by atoms with van der Waals surface area (Å²) in [6.45, 7) is 4.16. The van der Waals surface area contributed by atoms with E-state index in [1.165, 1.54) is 28.7 Å². The maximum Gasteiger partial charge on any atom is 0.231 e. The van der Waals surface area contributed by atoms with Crippen LogP contribution in [-0.2, 0) is 10.0 Å². The van der Waals surface area contributed by atoms with Gasteiger partial charge in [0.1, 0.15) is 0 Å². The molecule has 0 fully saturated rings. The van der Waals surface area contributed by atoms with Crippen LogP contribution in [0, 0.1) is 6.92 Å². The number of nitrogens with zero attached hydrogens (tertiary/aromatic N) is 1. The molecular formula is C19H25N3O2S2. The third-order valence-corrected chi connectivity index (χ3v) is 5.58. The number of thiocarbonyl (C=S) groups is 1. The molecule has 0 spiro atoms. The summed E-state index contributed by atoms with van der Waals surface area (Å²) in [5, 5.41) is 6.95. The lowest BCUT2D eigenvalue weighted by molar-refractivity contribution is 0.600. The standard InChI is InChI=1S/C19H25N3O2S2/c1-5-18(15-11-9-14(2)10-12-15)21-19(25)20-16-7-6-8-17(13-16)22(3)26(4,23)24/h6-13,18H,5H2,1-4H3,(H2,20,21,25)/t18-/m1/s1. The van der Waals surface area contributed by atoms with Gasteiger partial charge in [0.15, 0.2) is 5.11 Å². The van der Waals surface area contributed by atoms with Crippen molar-refractivity contribution >= 4 is 38.7 Å². The Labute approximate surface area is 161 Å². The molecule has 0 aromatic heterocycles. The summed E-state index contributed by atoms with van der Waals surface area (Å²) in [6.07, 6.45) is 2.06. The van der Waals surface area contributed by atoms with Crippen molar-refractivity contribution in [2.45, 2.75) is 26.3 Å². The Hall–Kier alpha value is -2.12. The Kier molecular flexibility index (Phi) is 6.61. The highest BCUT2D eigenvalue weighted by Crippen LogP contribution is 2.21. The molecule has 0 saturated carbocycles. The van der Waals surface area contributed by atoms with E-state index in [4.69, 9.17) is 12.2 Å². The molecule has 26 heavy (non-hydrogen) atoms. The van der Waals surface area contributed by atoms with E-state index in [1.54, 1.807) is 18.2 Å². The first kappa shape index (κ1) is 20.2. The largest absolute Gasteiger partial charge is 0.356 e. The van der Waals surface area contributed by atoms with Crippen molar-refractivity contribution in [2.75, 3.05) is 22.9 Å². The van der Waals surface area contributed by atoms with Gasteiger partial charge in [0.2, 0.25) is 10.0 Å². The molecule has 0 unspecified atom stereocenters. The van der Waals surface area contributed by atoms with Crippen molar-refractivity contribution in [1.29, 1.82) is 0 Å². The molecular weight excluding hydrogens is 366 g/mol. The molecule has 2 N–H and O–H groups in total. The fraction of sp³-hybridized carbons (Fsp3) is 0.316. The zero-order valence-electron chi connectivity index (χ0n) is 15.5. The summed E-state index contributed by atoms with van der Waals surface area (Å²) in [5.74, 6) is 0. The van der Waals surface area contributed by atoms with E-state index in [0.29, 0.717) is 10.8 Å². The fourth-order valence-corrected chi connectivity index (χ4v) is 3.27. The molecule has 0 radical (unpaired) electrons. The van der Waals surface area contributed by atoms with Crippen LogP contribution >= 0.6 is 12.2 Å². The van der Waals surface area contributed by atoms with E-state index in [9.17, 15) is 8.42 Å². The van der Waals surface area contributed by atoms with Crippen molar-refractivity contribution < 1.29 is 8.42 Å². The first-order chi connectivity index (χ1) is 12.2. The van der Waals surface area contributed by atoms with Crippen LogP contribution in [-0.4, -0.2) is 26.8 Å². The molecule has 140 valence electrons. The van der Waals surface area contributed by atoms with Gasteiger partial charge in [-0.15, -0.1) is 0 Å². The minimum atomic E-state index is -3.31. The number of anilines is 2. The van der Waals surface area contributed by atoms with Crippen molar-refractivity contribution in [1.82, 2.24) is 5.32 Å². The molecule has 2 rings (SSSR count). The van der Waals surface area contributed by atoms with E-state index in [-0.39, 0.29) is 6.04 Å². The Balaban J connectivity index is 2.08. The minimum absolute atomic E-state index is 0.109. The summed E-state index contributed by atoms with van der Waals surface area (Å²) in [4.78, 5) is 0. The van der Waals surface area contributed by atoms with Gasteiger partial charge in [0, 0.05) is 12.7 Å². The maximum absolute atomic E-state index is 11.7. The van der Waals surface area contributed by atoms with E-state index < -0.39 is 10.0 Å². The molecule has 0 aliphatic carbocycles. The number of rotatable bonds is 6. The van der Waals surface area contributed by atoms with Crippen LogP contribution in [0.1, 0.15) is 30.5 Å². The summed E-state index contributed by atoms with van der Waals surface area (Å²) >= 11 is 5.43. The number of hydrogen-bond acceptors (Lipinski definition) is 3. The van der Waals surface area contributed by atoms with Gasteiger partial charge in [0.25, 0.3) is 0 Å². The van der Waals surface area contributed by atoms with Gasteiger partial charge in [-0.05, 0) is 49.3 Å². The van der Waals surface area contributed by atoms with Crippen LogP contribution in [0.3, 0.4) is 0 Å². The second-order valence-electron chi connectivity index (χ2n) is 6.25. The van der Waals surface area contributed by atoms with Crippen LogP contribution in [0.25, 0.3) is 0 Å². The van der Waals surface area contributed by atoms with Gasteiger partial charge >= 0.3 is 0 Å². The molecule has 0 aliphatic rings. The van der Waals surface area contributed by atoms with Crippen LogP contribution in [0.15, 0.2) is 48.5 Å². The van der Waals surface area contributed by atoms with Crippen LogP contribution < -0.4 is 14.9 Å². The Morgan fingerprint density at radius 3 is 2.42 bits per heavy atom. The van der Waals surface area contributed by atoms with Gasteiger partial charge < -0.3 is 10.6 Å². The SMILES string of the molecule is CC[C@@H](NC(=S)Nc1cccc(N(C)S(C)(=O)=O)c1)c1ccc(C)cc1. The fourth-order valence-electron chi connectivity index (χ4n) is 2.52. The Morgan fingerprint density at radius 1 is 1.19 bits per heavy atom. The zero-order chi connectivity index (χ0) is 19.3. The topological polar surface area (TPSA) is 61.4 Å². The van der Waals surface area contributed by atoms with Crippen molar-refractivity contribution in [3.63, 3.8) is 0 Å². The molecule has 0 amide bonds. The van der Waals surface area contributed by atoms with Crippen LogP contribution in [0.2, 0.25) is 0 Å². The van der Waals surface area contributed by atoms with Crippen molar-refractivity contribution in [2.24, 2.45) is 0 Å². The van der Waals surface area contributed by atoms with E-state index in [2.05, 4.69) is 48.7 Å². The zero-order valence-corrected chi connectivity index (χ0v) is 17.1. The van der Waals surface area contributed by atoms with Crippen LogP contribution in [0.4, 0.5) is 11.4 Å². The van der Waals surface area contributed by atoms with Gasteiger partial charge in [-0.25, -0.2) is 8.42 Å². The normalized spacial score (nSPS) is 12.3. The molecule has 0 saturated heterocycles. The maximum atomic E-state index is 11.7. The third kappa shape index (κ3) is 5.44. The van der Waals surface area contributed by atoms with Gasteiger partial charge in [0.05, 0.1) is 18.0 Å². The van der Waals surface area contributed by atoms with Crippen molar-refractivity contribution in [3.8, 4) is 0 Å². The quantitative estimate of drug-likeness (QED) is 0.733. The van der Waals surface area contributed by atoms with E-state index in [0.717, 1.165) is 12.1 Å². The number of aryl methyl sites for hydroxylation is 1. The lowest BCUT2D eigenvalue weighted by atomic mass is 10.0. The average Bonchev–Trinajstić information content (AvgIpc) is 2.59. The van der Waals surface area contributed by atoms with Gasteiger partial charge in [-0.3, -0.25) is 4.31 Å². The highest BCUT2D eigenvalue weighted by molar-refractivity contribution is 7.92. The predicted molar refractivity (Wildman–Crippen MR) is 113 cm³/mol. The smallest absolute Gasteiger partial charge is 0.231 e.